The highest BCUT2D eigenvalue weighted by Crippen LogP contribution is 2.45. The molecule has 4 N–H and O–H groups in total. The molecule has 37 heteroatoms. The Hall–Kier alpha value is -12.6. The van der Waals surface area contributed by atoms with Crippen LogP contribution in [0.3, 0.4) is 0 Å². The number of ketones is 1. The maximum Gasteiger partial charge on any atom is 0.276 e. The molecule has 11 aromatic rings. The monoisotopic (exact) mass is 1890 g/mol. The van der Waals surface area contributed by atoms with E-state index in [-0.39, 0.29) is 53.2 Å². The van der Waals surface area contributed by atoms with Gasteiger partial charge >= 0.3 is 0 Å². The Labute approximate surface area is 800 Å². The van der Waals surface area contributed by atoms with Gasteiger partial charge in [0.1, 0.15) is 81.8 Å². The molecule has 1 aromatic carbocycles. The number of nitrogens with two attached hydrogens (primary N) is 2. The first kappa shape index (κ1) is 96.1. The van der Waals surface area contributed by atoms with Crippen LogP contribution in [0.1, 0.15) is 122 Å². The van der Waals surface area contributed by atoms with E-state index in [4.69, 9.17) is 85.6 Å². The van der Waals surface area contributed by atoms with Gasteiger partial charge in [-0.1, -0.05) is 11.6 Å². The summed E-state index contributed by atoms with van der Waals surface area (Å²) in [6.07, 6.45) is 29.3. The number of carbonyl (C=O) groups is 2. The fourth-order valence-corrected chi connectivity index (χ4v) is 17.4. The van der Waals surface area contributed by atoms with Gasteiger partial charge in [-0.3, -0.25) is 9.59 Å². The fourth-order valence-electron chi connectivity index (χ4n) is 17.3. The van der Waals surface area contributed by atoms with Gasteiger partial charge in [-0.2, -0.15) is 0 Å². The van der Waals surface area contributed by atoms with E-state index in [1.54, 1.807) is 55.6 Å². The second-order valence-corrected chi connectivity index (χ2v) is 36.0. The number of aromatic nitrogens is 15. The summed E-state index contributed by atoms with van der Waals surface area (Å²) in [6.45, 7) is 24.9. The highest BCUT2D eigenvalue weighted by atomic mass is 35.5. The van der Waals surface area contributed by atoms with Crippen molar-refractivity contribution in [2.45, 2.75) is 129 Å². The third-order valence-electron chi connectivity index (χ3n) is 25.5. The molecular weight excluding hydrogens is 1770 g/mol. The molecule has 34 nitrogen and oxygen atoms in total. The Morgan fingerprint density at radius 2 is 0.752 bits per heavy atom. The van der Waals surface area contributed by atoms with Gasteiger partial charge in [0.25, 0.3) is 5.92 Å². The minimum absolute atomic E-state index is 0.00167. The predicted octanol–water partition coefficient (Wildman–Crippen LogP) is 14.3. The number of pyridine rings is 5. The Morgan fingerprint density at radius 3 is 1.18 bits per heavy atom. The first-order chi connectivity index (χ1) is 66.7. The smallest absolute Gasteiger partial charge is 0.276 e. The SMILES string of the molecule is Cc1ncc(-c2cc(OC3CCOC3)cc(N3CCOCC3)n2)cn1.Cc1ncc(-c2cc(OC3CN(C(=O)C4CC4)C3)cc(N3CCOCC3)n2)cn1.Cc1ncc(-c2cc(Oc3ccc(Cl)c(C)c3)cc(N3CCOCC3)n2)cn1.Nc1ncc(-c2cc(C(=O)C3CCOCC3)cc(N3CCCCC3)n2)cn1.Nc1ncc(-c2cc(C(F)(F)C3CCOCC3)cc(N3CCCCC3)n2)cn1. The van der Waals surface area contributed by atoms with E-state index in [1.165, 1.54) is 24.9 Å². The van der Waals surface area contributed by atoms with Gasteiger partial charge in [0.05, 0.1) is 94.4 Å². The zero-order valence-corrected chi connectivity index (χ0v) is 78.8. The van der Waals surface area contributed by atoms with Crippen LogP contribution in [-0.2, 0) is 39.1 Å². The molecule has 137 heavy (non-hydrogen) atoms. The molecule has 1 aliphatic carbocycles. The van der Waals surface area contributed by atoms with Crippen molar-refractivity contribution in [2.75, 3.05) is 194 Å². The zero-order chi connectivity index (χ0) is 94.6. The lowest BCUT2D eigenvalue weighted by molar-refractivity contribution is -0.141. The number of ether oxygens (including phenoxy) is 9. The highest BCUT2D eigenvalue weighted by molar-refractivity contribution is 6.31. The number of nitrogens with zero attached hydrogens (tertiary/aromatic N) is 21. The summed E-state index contributed by atoms with van der Waals surface area (Å²) in [5.74, 6) is 6.70. The number of morpholine rings is 3. The first-order valence-electron chi connectivity index (χ1n) is 47.6. The quantitative estimate of drug-likeness (QED) is 0.0631. The third-order valence-corrected chi connectivity index (χ3v) is 25.9. The molecule has 0 bridgehead atoms. The second kappa shape index (κ2) is 46.0. The number of halogens is 3. The van der Waals surface area contributed by atoms with Gasteiger partial charge in [-0.05, 0) is 153 Å². The predicted molar refractivity (Wildman–Crippen MR) is 516 cm³/mol. The number of Topliss-reactive ketones (excluding diaryl/α,β-unsaturated/α-hetero) is 1. The van der Waals surface area contributed by atoms with Crippen LogP contribution in [0.5, 0.6) is 23.0 Å². The fraction of sp³-hybridized carbons (Fsp3) is 0.470. The van der Waals surface area contributed by atoms with Crippen LogP contribution < -0.4 is 50.2 Å². The molecule has 10 aromatic heterocycles. The molecule has 9 saturated heterocycles. The van der Waals surface area contributed by atoms with Crippen molar-refractivity contribution in [2.24, 2.45) is 17.8 Å². The van der Waals surface area contributed by atoms with Crippen LogP contribution in [0.15, 0.2) is 141 Å². The molecule has 1 amide bonds. The summed E-state index contributed by atoms with van der Waals surface area (Å²) in [5, 5.41) is 0.716. The molecule has 10 aliphatic rings. The van der Waals surface area contributed by atoms with E-state index < -0.39 is 11.8 Å². The number of hydrogen-bond donors (Lipinski definition) is 2. The number of aryl methyl sites for hydroxylation is 4. The summed E-state index contributed by atoms with van der Waals surface area (Å²) in [7, 11) is 0. The molecule has 1 unspecified atom stereocenters. The minimum Gasteiger partial charge on any atom is -0.488 e. The van der Waals surface area contributed by atoms with Gasteiger partial charge in [0.15, 0.2) is 5.78 Å². The highest BCUT2D eigenvalue weighted by Gasteiger charge is 2.44. The van der Waals surface area contributed by atoms with E-state index in [0.29, 0.717) is 138 Å². The Kier molecular flexibility index (Phi) is 32.3. The van der Waals surface area contributed by atoms with E-state index in [0.717, 1.165) is 239 Å². The molecular formula is C100H118ClF2N23O11. The number of likely N-dealkylation sites (tertiary alicyclic amines) is 1. The zero-order valence-electron chi connectivity index (χ0n) is 78.0. The molecule has 0 radical (unpaired) electrons. The van der Waals surface area contributed by atoms with E-state index in [1.807, 2.05) is 99.3 Å². The molecule has 1 atom stereocenters. The van der Waals surface area contributed by atoms with E-state index in [2.05, 4.69) is 79.3 Å². The molecule has 9 aliphatic heterocycles. The average molecular weight is 1890 g/mol. The van der Waals surface area contributed by atoms with Crippen molar-refractivity contribution in [1.82, 2.24) is 79.7 Å². The molecule has 10 fully saturated rings. The lowest BCUT2D eigenvalue weighted by atomic mass is 9.88. The van der Waals surface area contributed by atoms with Crippen LogP contribution in [-0.4, -0.2) is 261 Å². The van der Waals surface area contributed by atoms with Gasteiger partial charge in [0.2, 0.25) is 17.8 Å². The van der Waals surface area contributed by atoms with Crippen LogP contribution >= 0.6 is 11.6 Å². The van der Waals surface area contributed by atoms with Gasteiger partial charge in [-0.15, -0.1) is 0 Å². The number of piperidine rings is 2. The maximum atomic E-state index is 15.4. The van der Waals surface area contributed by atoms with Gasteiger partial charge in [-0.25, -0.2) is 83.5 Å². The van der Waals surface area contributed by atoms with Gasteiger partial charge < -0.3 is 83.5 Å². The number of nitrogen functional groups attached to an aromatic ring is 2. The maximum absolute atomic E-state index is 15.4. The van der Waals surface area contributed by atoms with Crippen molar-refractivity contribution in [3.05, 3.63) is 180 Å². The van der Waals surface area contributed by atoms with Crippen LogP contribution in [0.4, 0.5) is 49.8 Å². The molecule has 0 spiro atoms. The van der Waals surface area contributed by atoms with Crippen molar-refractivity contribution in [3.8, 4) is 79.3 Å². The number of hydrogen-bond acceptors (Lipinski definition) is 33. The van der Waals surface area contributed by atoms with Crippen molar-refractivity contribution >= 4 is 64.3 Å². The summed E-state index contributed by atoms with van der Waals surface area (Å²) in [6, 6.07) is 24.2. The first-order valence-corrected chi connectivity index (χ1v) is 48.0. The van der Waals surface area contributed by atoms with Crippen molar-refractivity contribution in [3.63, 3.8) is 0 Å². The molecule has 19 heterocycles. The molecule has 1 saturated carbocycles. The van der Waals surface area contributed by atoms with E-state index in [9.17, 15) is 9.59 Å². The summed E-state index contributed by atoms with van der Waals surface area (Å²) >= 11 is 6.13. The standard InChI is InChI=1S/C21H21ClN4O2.C21H25N5O3.C20H25F2N5O.C20H25N5O2.C18H22N4O3/c1-14-9-17(3-4-19(14)22)28-18-10-20(16-12-23-15(2)24-13-16)25-21(11-18)26-5-7-27-8-6-26;1-14-22-10-16(11-23-14)19-8-17(9-20(24-19)25-4-6-28-7-5-25)29-18-12-26(13-18)21(27)15-2-3-15;21-20(22,15-4-8-28-9-5-15)16-10-17(14-12-24-19(23)25-13-14)26-18(11-16)27-6-2-1-3-7-27;21-20-22-12-16(13-23-20)17-10-15(19(26)14-4-8-27-9-5-14)11-18(24-17)25-6-2-1-3-7-25;1-13-19-10-14(11-20-13)17-8-16(25-15-2-5-24-12-15)9-18(21-17)22-3-6-23-7-4-22/h3-4,9-13H,5-8H2,1-2H3;8-11,15,18H,2-7,12-13H2,1H3;10-13,15H,1-9H2,(H2,23,24,25);10-14H,1-9H2,(H2,21,22,23);8-11,15H,2-7,12H2,1H3. The lowest BCUT2D eigenvalue weighted by Gasteiger charge is -2.39. The summed E-state index contributed by atoms with van der Waals surface area (Å²) in [4.78, 5) is 104. The second-order valence-electron chi connectivity index (χ2n) is 35.6. The molecule has 720 valence electrons. The topological polar surface area (TPSA) is 382 Å². The van der Waals surface area contributed by atoms with Gasteiger partial charge in [0, 0.05) is 258 Å². The summed E-state index contributed by atoms with van der Waals surface area (Å²) < 4.78 is 81.8. The average Bonchev–Trinajstić information content (AvgIpc) is 1.08. The number of anilines is 7. The Morgan fingerprint density at radius 1 is 0.380 bits per heavy atom. The third kappa shape index (κ3) is 26.0. The number of amides is 1. The normalized spacial score (nSPS) is 18.4. The molecule has 21 rings (SSSR count). The summed E-state index contributed by atoms with van der Waals surface area (Å²) in [5.41, 5.74) is 20.3. The van der Waals surface area contributed by atoms with E-state index >= 15 is 8.78 Å². The van der Waals surface area contributed by atoms with Crippen molar-refractivity contribution < 1.29 is 61.0 Å². The van der Waals surface area contributed by atoms with Crippen molar-refractivity contribution in [1.29, 1.82) is 0 Å². The van der Waals surface area contributed by atoms with Crippen LogP contribution in [0, 0.1) is 45.4 Å². The Balaban J connectivity index is 0.000000119. The number of benzene rings is 1. The number of rotatable bonds is 21. The lowest BCUT2D eigenvalue weighted by Crippen LogP contribution is -2.56. The number of carbonyl (C=O) groups excluding carboxylic acids is 2. The largest absolute Gasteiger partial charge is 0.488 e. The van der Waals surface area contributed by atoms with Crippen LogP contribution in [0.25, 0.3) is 56.3 Å². The van der Waals surface area contributed by atoms with Crippen LogP contribution in [0.2, 0.25) is 5.02 Å². The Bertz CT molecular complexity index is 5820. The number of alkyl halides is 2. The minimum atomic E-state index is -2.94.